The molecule has 1 aromatic heterocycles. The van der Waals surface area contributed by atoms with Crippen LogP contribution in [0.2, 0.25) is 0 Å². The molecular weight excluding hydrogens is 400 g/mol. The molecule has 0 spiro atoms. The molecule has 0 bridgehead atoms. The van der Waals surface area contributed by atoms with Crippen molar-refractivity contribution >= 4 is 40.6 Å². The van der Waals surface area contributed by atoms with Crippen molar-refractivity contribution in [1.29, 1.82) is 0 Å². The molecule has 1 aliphatic heterocycles. The van der Waals surface area contributed by atoms with Gasteiger partial charge in [-0.15, -0.1) is 0 Å². The highest BCUT2D eigenvalue weighted by Gasteiger charge is 2.41. The number of methoxy groups -OCH3 is 1. The van der Waals surface area contributed by atoms with Crippen molar-refractivity contribution in [1.82, 2.24) is 4.90 Å². The molecule has 2 aromatic rings. The zero-order valence-electron chi connectivity index (χ0n) is 15.7. The van der Waals surface area contributed by atoms with Gasteiger partial charge in [0.1, 0.15) is 17.6 Å². The number of hydrogen-bond donors (Lipinski definition) is 0. The van der Waals surface area contributed by atoms with E-state index in [0.717, 1.165) is 4.90 Å². The van der Waals surface area contributed by atoms with Crippen molar-refractivity contribution in [3.05, 3.63) is 56.7 Å². The van der Waals surface area contributed by atoms with Crippen LogP contribution in [-0.2, 0) is 14.3 Å². The maximum Gasteiger partial charge on any atom is 0.328 e. The molecule has 2 heterocycles. The van der Waals surface area contributed by atoms with E-state index in [1.165, 1.54) is 32.2 Å². The summed E-state index contributed by atoms with van der Waals surface area (Å²) in [5.74, 6) is -0.510. The summed E-state index contributed by atoms with van der Waals surface area (Å²) in [6, 6.07) is 6.66. The van der Waals surface area contributed by atoms with E-state index in [1.807, 2.05) is 0 Å². The van der Waals surface area contributed by atoms with Crippen LogP contribution in [0.4, 0.5) is 10.5 Å². The monoisotopic (exact) mass is 416 g/mol. The number of benzene rings is 1. The first-order valence-electron chi connectivity index (χ1n) is 8.43. The summed E-state index contributed by atoms with van der Waals surface area (Å²) in [7, 11) is 1.18. The van der Waals surface area contributed by atoms with Crippen LogP contribution in [0.15, 0.2) is 39.7 Å². The zero-order valence-corrected chi connectivity index (χ0v) is 16.5. The number of rotatable bonds is 5. The Bertz CT molecular complexity index is 1060. The molecule has 29 heavy (non-hydrogen) atoms. The number of amides is 2. The quantitative estimate of drug-likeness (QED) is 0.313. The molecule has 1 aromatic carbocycles. The van der Waals surface area contributed by atoms with Gasteiger partial charge in [0.05, 0.1) is 16.9 Å². The molecule has 0 aliphatic carbocycles. The number of furan rings is 1. The Kier molecular flexibility index (Phi) is 5.55. The third kappa shape index (κ3) is 3.92. The fraction of sp³-hybridized carbons (Fsp3) is 0.211. The van der Waals surface area contributed by atoms with Gasteiger partial charge in [-0.2, -0.15) is 0 Å². The molecular formula is C19H16N2O7S. The normalized spacial score (nSPS) is 16.4. The molecule has 0 radical (unpaired) electrons. The Morgan fingerprint density at radius 2 is 2.03 bits per heavy atom. The summed E-state index contributed by atoms with van der Waals surface area (Å²) in [6.45, 7) is 3.14. The summed E-state index contributed by atoms with van der Waals surface area (Å²) in [6.07, 6.45) is 1.42. The average Bonchev–Trinajstić information content (AvgIpc) is 3.25. The summed E-state index contributed by atoms with van der Waals surface area (Å²) in [5, 5.41) is 10.3. The lowest BCUT2D eigenvalue weighted by molar-refractivity contribution is -0.384. The summed E-state index contributed by atoms with van der Waals surface area (Å²) in [4.78, 5) is 47.7. The molecule has 10 heteroatoms. The van der Waals surface area contributed by atoms with Crippen LogP contribution in [0.1, 0.15) is 18.2 Å². The number of nitro groups is 1. The first-order valence-corrected chi connectivity index (χ1v) is 9.24. The molecule has 1 unspecified atom stereocenters. The molecule has 1 aliphatic rings. The van der Waals surface area contributed by atoms with Crippen LogP contribution in [0.5, 0.6) is 0 Å². The molecule has 3 rings (SSSR count). The Labute approximate surface area is 169 Å². The second kappa shape index (κ2) is 7.92. The fourth-order valence-corrected chi connectivity index (χ4v) is 3.72. The van der Waals surface area contributed by atoms with E-state index in [2.05, 4.69) is 4.74 Å². The summed E-state index contributed by atoms with van der Waals surface area (Å²) >= 11 is 0.702. The minimum Gasteiger partial charge on any atom is -0.467 e. The number of nitrogens with zero attached hydrogens (tertiary/aromatic N) is 2. The van der Waals surface area contributed by atoms with Crippen molar-refractivity contribution < 1.29 is 28.5 Å². The van der Waals surface area contributed by atoms with Crippen LogP contribution in [0.25, 0.3) is 17.4 Å². The van der Waals surface area contributed by atoms with Crippen LogP contribution in [-0.4, -0.2) is 40.1 Å². The van der Waals surface area contributed by atoms with Gasteiger partial charge >= 0.3 is 5.97 Å². The molecule has 9 nitrogen and oxygen atoms in total. The zero-order chi connectivity index (χ0) is 21.3. The number of hydrogen-bond acceptors (Lipinski definition) is 8. The number of carbonyl (C=O) groups is 3. The highest BCUT2D eigenvalue weighted by atomic mass is 32.2. The van der Waals surface area contributed by atoms with Crippen molar-refractivity contribution in [2.24, 2.45) is 0 Å². The Balaban J connectivity index is 1.85. The van der Waals surface area contributed by atoms with Gasteiger partial charge in [-0.1, -0.05) is 0 Å². The van der Waals surface area contributed by atoms with E-state index in [-0.39, 0.29) is 10.6 Å². The molecule has 150 valence electrons. The number of thioether (sulfide) groups is 1. The number of esters is 1. The SMILES string of the molecule is COC(=O)C(C)N1C(=O)S/C(=C/c2ccc(-c3ccc([N+](=O)[O-])cc3C)o2)C1=O. The van der Waals surface area contributed by atoms with Gasteiger partial charge in [-0.05, 0) is 49.4 Å². The number of nitro benzene ring substituents is 1. The van der Waals surface area contributed by atoms with Crippen molar-refractivity contribution in [3.8, 4) is 11.3 Å². The van der Waals surface area contributed by atoms with Gasteiger partial charge in [0.2, 0.25) is 0 Å². The smallest absolute Gasteiger partial charge is 0.328 e. The summed E-state index contributed by atoms with van der Waals surface area (Å²) in [5.41, 5.74) is 1.31. The topological polar surface area (TPSA) is 120 Å². The van der Waals surface area contributed by atoms with Crippen LogP contribution in [0.3, 0.4) is 0 Å². The lowest BCUT2D eigenvalue weighted by atomic mass is 10.1. The Hall–Kier alpha value is -3.40. The molecule has 2 amide bonds. The van der Waals surface area contributed by atoms with Gasteiger partial charge in [0.25, 0.3) is 16.8 Å². The van der Waals surface area contributed by atoms with E-state index >= 15 is 0 Å². The second-order valence-electron chi connectivity index (χ2n) is 6.21. The van der Waals surface area contributed by atoms with Gasteiger partial charge in [0, 0.05) is 23.8 Å². The Morgan fingerprint density at radius 3 is 2.66 bits per heavy atom. The lowest BCUT2D eigenvalue weighted by Gasteiger charge is -2.18. The Morgan fingerprint density at radius 1 is 1.31 bits per heavy atom. The summed E-state index contributed by atoms with van der Waals surface area (Å²) < 4.78 is 10.3. The van der Waals surface area contributed by atoms with Gasteiger partial charge in [0.15, 0.2) is 0 Å². The predicted octanol–water partition coefficient (Wildman–Crippen LogP) is 3.76. The van der Waals surface area contributed by atoms with Crippen molar-refractivity contribution in [2.75, 3.05) is 7.11 Å². The van der Waals surface area contributed by atoms with Crippen molar-refractivity contribution in [3.63, 3.8) is 0 Å². The van der Waals surface area contributed by atoms with E-state index in [0.29, 0.717) is 34.4 Å². The molecule has 1 atom stereocenters. The first kappa shape index (κ1) is 20.3. The van der Waals surface area contributed by atoms with Gasteiger partial charge < -0.3 is 9.15 Å². The third-order valence-corrected chi connectivity index (χ3v) is 5.22. The second-order valence-corrected chi connectivity index (χ2v) is 7.20. The van der Waals surface area contributed by atoms with Crippen LogP contribution >= 0.6 is 11.8 Å². The fourth-order valence-electron chi connectivity index (χ4n) is 2.83. The van der Waals surface area contributed by atoms with Crippen LogP contribution < -0.4 is 0 Å². The van der Waals surface area contributed by atoms with E-state index in [4.69, 9.17) is 4.42 Å². The maximum absolute atomic E-state index is 12.5. The predicted molar refractivity (Wildman–Crippen MR) is 105 cm³/mol. The van der Waals surface area contributed by atoms with Gasteiger partial charge in [-0.25, -0.2) is 4.79 Å². The number of non-ortho nitro benzene ring substituents is 1. The van der Waals surface area contributed by atoms with E-state index in [1.54, 1.807) is 25.1 Å². The molecule has 1 fully saturated rings. The van der Waals surface area contributed by atoms with E-state index in [9.17, 15) is 24.5 Å². The number of imide groups is 1. The van der Waals surface area contributed by atoms with Crippen LogP contribution in [0, 0.1) is 17.0 Å². The number of aryl methyl sites for hydroxylation is 1. The molecule has 1 saturated heterocycles. The minimum absolute atomic E-state index is 0.0218. The standard InChI is InChI=1S/C19H16N2O7S/c1-10-8-12(21(25)26)4-6-14(10)15-7-5-13(28-15)9-16-17(22)20(19(24)29-16)11(2)18(23)27-3/h4-9,11H,1-3H3/b16-9+. The lowest BCUT2D eigenvalue weighted by Crippen LogP contribution is -2.42. The first-order chi connectivity index (χ1) is 13.7. The highest BCUT2D eigenvalue weighted by molar-refractivity contribution is 8.18. The largest absolute Gasteiger partial charge is 0.467 e. The maximum atomic E-state index is 12.5. The average molecular weight is 416 g/mol. The van der Waals surface area contributed by atoms with Gasteiger partial charge in [-0.3, -0.25) is 24.6 Å². The number of ether oxygens (including phenoxy) is 1. The number of carbonyl (C=O) groups excluding carboxylic acids is 3. The molecule has 0 N–H and O–H groups in total. The van der Waals surface area contributed by atoms with E-state index < -0.39 is 28.1 Å². The van der Waals surface area contributed by atoms with Crippen molar-refractivity contribution in [2.45, 2.75) is 19.9 Å². The third-order valence-electron chi connectivity index (χ3n) is 4.34. The minimum atomic E-state index is -1.03. The molecule has 0 saturated carbocycles. The highest BCUT2D eigenvalue weighted by Crippen LogP contribution is 2.35.